The highest BCUT2D eigenvalue weighted by molar-refractivity contribution is 7.80. The molecule has 2 aliphatic carbocycles. The highest BCUT2D eigenvalue weighted by Crippen LogP contribution is 2.31. The van der Waals surface area contributed by atoms with Crippen LogP contribution < -0.4 is 5.32 Å². The summed E-state index contributed by atoms with van der Waals surface area (Å²) in [4.78, 5) is 2.46. The van der Waals surface area contributed by atoms with Gasteiger partial charge in [-0.25, -0.2) is 4.39 Å². The topological polar surface area (TPSA) is 15.3 Å². The van der Waals surface area contributed by atoms with Crippen molar-refractivity contribution in [2.75, 3.05) is 5.32 Å². The minimum atomic E-state index is -0.399. The van der Waals surface area contributed by atoms with Crippen LogP contribution in [-0.2, 0) is 0 Å². The smallest absolute Gasteiger partial charge is 0.173 e. The number of benzene rings is 1. The number of hydrogen-bond acceptors (Lipinski definition) is 1. The molecule has 24 heavy (non-hydrogen) atoms. The Morgan fingerprint density at radius 1 is 1.00 bits per heavy atom. The van der Waals surface area contributed by atoms with Crippen molar-refractivity contribution < 1.29 is 4.39 Å². The molecule has 3 rings (SSSR count). The average Bonchev–Trinajstić information content (AvgIpc) is 2.60. The van der Waals surface area contributed by atoms with Crippen LogP contribution in [-0.4, -0.2) is 22.1 Å². The molecule has 0 aromatic heterocycles. The van der Waals surface area contributed by atoms with E-state index in [2.05, 4.69) is 10.2 Å². The Morgan fingerprint density at radius 3 is 2.04 bits per heavy atom. The van der Waals surface area contributed by atoms with Crippen LogP contribution in [0.1, 0.15) is 64.2 Å². The molecule has 1 aromatic carbocycles. The quantitative estimate of drug-likeness (QED) is 0.644. The second-order valence-electron chi connectivity index (χ2n) is 7.05. The first kappa shape index (κ1) is 17.9. The van der Waals surface area contributed by atoms with E-state index in [9.17, 15) is 4.39 Å². The van der Waals surface area contributed by atoms with Gasteiger partial charge in [0.25, 0.3) is 0 Å². The van der Waals surface area contributed by atoms with Gasteiger partial charge in [-0.05, 0) is 56.1 Å². The predicted molar refractivity (Wildman–Crippen MR) is 103 cm³/mol. The van der Waals surface area contributed by atoms with Crippen LogP contribution in [0.25, 0.3) is 0 Å². The van der Waals surface area contributed by atoms with Crippen LogP contribution in [0.2, 0.25) is 5.02 Å². The van der Waals surface area contributed by atoms with E-state index in [-0.39, 0.29) is 5.02 Å². The molecule has 1 aromatic rings. The maximum atomic E-state index is 13.4. The Hall–Kier alpha value is -0.870. The normalized spacial score (nSPS) is 19.9. The van der Waals surface area contributed by atoms with Gasteiger partial charge in [-0.1, -0.05) is 50.1 Å². The maximum absolute atomic E-state index is 13.4. The molecule has 0 amide bonds. The molecule has 1 N–H and O–H groups in total. The number of nitrogens with one attached hydrogen (secondary N) is 1. The minimum absolute atomic E-state index is 0.129. The SMILES string of the molecule is Fc1ccc(NC(=S)N(C2CCCCC2)C2CCCCC2)cc1Cl. The number of halogens is 2. The van der Waals surface area contributed by atoms with Gasteiger partial charge in [0.1, 0.15) is 5.82 Å². The fraction of sp³-hybridized carbons (Fsp3) is 0.632. The van der Waals surface area contributed by atoms with Crippen molar-refractivity contribution in [3.63, 3.8) is 0 Å². The molecular weight excluding hydrogens is 343 g/mol. The fourth-order valence-corrected chi connectivity index (χ4v) is 4.71. The zero-order chi connectivity index (χ0) is 16.9. The Bertz CT molecular complexity index is 550. The molecular formula is C19H26ClFN2S. The zero-order valence-electron chi connectivity index (χ0n) is 14.1. The highest BCUT2D eigenvalue weighted by Gasteiger charge is 2.30. The summed E-state index contributed by atoms with van der Waals surface area (Å²) < 4.78 is 13.4. The first-order valence-electron chi connectivity index (χ1n) is 9.19. The Kier molecular flexibility index (Phi) is 6.34. The first-order valence-corrected chi connectivity index (χ1v) is 9.98. The van der Waals surface area contributed by atoms with Gasteiger partial charge in [-0.3, -0.25) is 0 Å². The first-order chi connectivity index (χ1) is 11.6. The molecule has 0 saturated heterocycles. The van der Waals surface area contributed by atoms with Crippen molar-refractivity contribution in [1.82, 2.24) is 4.90 Å². The van der Waals surface area contributed by atoms with Gasteiger partial charge in [0, 0.05) is 17.8 Å². The lowest BCUT2D eigenvalue weighted by Crippen LogP contribution is -2.50. The third kappa shape index (κ3) is 4.40. The van der Waals surface area contributed by atoms with E-state index in [1.807, 2.05) is 0 Å². The number of anilines is 1. The van der Waals surface area contributed by atoms with Crippen LogP contribution in [0.5, 0.6) is 0 Å². The molecule has 2 saturated carbocycles. The van der Waals surface area contributed by atoms with E-state index in [0.717, 1.165) is 10.8 Å². The standard InChI is InChI=1S/C19H26ClFN2S/c20-17-13-14(11-12-18(17)21)22-19(24)23(15-7-3-1-4-8-15)16-9-5-2-6-10-16/h11-13,15-16H,1-10H2,(H,22,24). The molecule has 0 spiro atoms. The van der Waals surface area contributed by atoms with Crippen LogP contribution in [0, 0.1) is 5.82 Å². The second kappa shape index (κ2) is 8.48. The number of rotatable bonds is 3. The molecule has 0 bridgehead atoms. The minimum Gasteiger partial charge on any atom is -0.343 e. The van der Waals surface area contributed by atoms with Gasteiger partial charge < -0.3 is 10.2 Å². The molecule has 2 aliphatic rings. The lowest BCUT2D eigenvalue weighted by atomic mass is 9.89. The van der Waals surface area contributed by atoms with Gasteiger partial charge in [0.15, 0.2) is 5.11 Å². The summed E-state index contributed by atoms with van der Waals surface area (Å²) in [6, 6.07) is 5.78. The maximum Gasteiger partial charge on any atom is 0.173 e. The number of nitrogens with zero attached hydrogens (tertiary/aromatic N) is 1. The summed E-state index contributed by atoms with van der Waals surface area (Å²) in [6.45, 7) is 0. The van der Waals surface area contributed by atoms with Crippen molar-refractivity contribution in [1.29, 1.82) is 0 Å². The second-order valence-corrected chi connectivity index (χ2v) is 7.84. The lowest BCUT2D eigenvalue weighted by molar-refractivity contribution is 0.160. The summed E-state index contributed by atoms with van der Waals surface area (Å²) in [5, 5.41) is 4.21. The molecule has 2 nitrogen and oxygen atoms in total. The predicted octanol–water partition coefficient (Wildman–Crippen LogP) is 6.14. The molecule has 0 atom stereocenters. The van der Waals surface area contributed by atoms with Gasteiger partial charge >= 0.3 is 0 Å². The Balaban J connectivity index is 1.75. The highest BCUT2D eigenvalue weighted by atomic mass is 35.5. The number of hydrogen-bond donors (Lipinski definition) is 1. The van der Waals surface area contributed by atoms with Crippen LogP contribution in [0.3, 0.4) is 0 Å². The molecule has 0 aliphatic heterocycles. The summed E-state index contributed by atoms with van der Waals surface area (Å²) in [5.41, 5.74) is 0.767. The Labute approximate surface area is 154 Å². The van der Waals surface area contributed by atoms with E-state index < -0.39 is 5.82 Å². The molecule has 0 unspecified atom stereocenters. The van der Waals surface area contributed by atoms with Crippen LogP contribution in [0.4, 0.5) is 10.1 Å². The van der Waals surface area contributed by atoms with Crippen molar-refractivity contribution in [2.45, 2.75) is 76.3 Å². The van der Waals surface area contributed by atoms with E-state index in [1.165, 1.54) is 70.3 Å². The number of thiocarbonyl (C=S) groups is 1. The van der Waals surface area contributed by atoms with Crippen LogP contribution >= 0.6 is 23.8 Å². The monoisotopic (exact) mass is 368 g/mol. The molecule has 0 radical (unpaired) electrons. The fourth-order valence-electron chi connectivity index (χ4n) is 4.11. The van der Waals surface area contributed by atoms with E-state index in [0.29, 0.717) is 12.1 Å². The van der Waals surface area contributed by atoms with Gasteiger partial charge in [-0.2, -0.15) is 0 Å². The van der Waals surface area contributed by atoms with Crippen molar-refractivity contribution >= 4 is 34.6 Å². The molecule has 0 heterocycles. The van der Waals surface area contributed by atoms with Crippen molar-refractivity contribution in [3.05, 3.63) is 29.0 Å². The van der Waals surface area contributed by atoms with Crippen molar-refractivity contribution in [2.24, 2.45) is 0 Å². The average molecular weight is 369 g/mol. The third-order valence-corrected chi connectivity index (χ3v) is 5.94. The molecule has 2 fully saturated rings. The summed E-state index contributed by atoms with van der Waals surface area (Å²) in [5.74, 6) is -0.399. The zero-order valence-corrected chi connectivity index (χ0v) is 15.6. The summed E-state index contributed by atoms with van der Waals surface area (Å²) >= 11 is 11.7. The van der Waals surface area contributed by atoms with E-state index in [1.54, 1.807) is 12.1 Å². The molecule has 132 valence electrons. The van der Waals surface area contributed by atoms with Gasteiger partial charge in [-0.15, -0.1) is 0 Å². The Morgan fingerprint density at radius 2 is 1.54 bits per heavy atom. The van der Waals surface area contributed by atoms with Crippen LogP contribution in [0.15, 0.2) is 18.2 Å². The lowest BCUT2D eigenvalue weighted by Gasteiger charge is -2.43. The van der Waals surface area contributed by atoms with Crippen molar-refractivity contribution in [3.8, 4) is 0 Å². The summed E-state index contributed by atoms with van der Waals surface area (Å²) in [7, 11) is 0. The third-order valence-electron chi connectivity index (χ3n) is 5.34. The molecule has 5 heteroatoms. The summed E-state index contributed by atoms with van der Waals surface area (Å²) in [6.07, 6.45) is 12.7. The van der Waals surface area contributed by atoms with E-state index in [4.69, 9.17) is 23.8 Å². The largest absolute Gasteiger partial charge is 0.343 e. The van der Waals surface area contributed by atoms with E-state index >= 15 is 0 Å². The van der Waals surface area contributed by atoms with Gasteiger partial charge in [0.2, 0.25) is 0 Å². The van der Waals surface area contributed by atoms with Gasteiger partial charge in [0.05, 0.1) is 5.02 Å².